The molecule has 1 aliphatic carbocycles. The lowest BCUT2D eigenvalue weighted by Crippen LogP contribution is -2.42. The van der Waals surface area contributed by atoms with Crippen molar-refractivity contribution in [2.45, 2.75) is 46.6 Å². The molecule has 1 aliphatic rings. The first-order valence-electron chi connectivity index (χ1n) is 7.61. The minimum Gasteiger partial charge on any atom is -0.468 e. The van der Waals surface area contributed by atoms with E-state index in [2.05, 4.69) is 0 Å². The molecule has 2 rings (SSSR count). The van der Waals surface area contributed by atoms with Crippen molar-refractivity contribution in [2.24, 2.45) is 5.41 Å². The van der Waals surface area contributed by atoms with Gasteiger partial charge in [0.1, 0.15) is 0 Å². The third-order valence-electron chi connectivity index (χ3n) is 4.78. The average molecular weight is 321 g/mol. The Kier molecular flexibility index (Phi) is 4.37. The van der Waals surface area contributed by atoms with Crippen molar-refractivity contribution in [3.05, 3.63) is 32.7 Å². The van der Waals surface area contributed by atoms with Gasteiger partial charge in [0.2, 0.25) is 0 Å². The molecule has 0 bridgehead atoms. The SMILES string of the molecule is COC(=O)C1(C(=O)OC)Cc2c(c(C)n(C(C)C)c(=O)c2C)C1. The summed E-state index contributed by atoms with van der Waals surface area (Å²) in [5.41, 5.74) is 1.52. The molecule has 0 amide bonds. The number of pyridine rings is 1. The van der Waals surface area contributed by atoms with Crippen LogP contribution in [0.15, 0.2) is 4.79 Å². The van der Waals surface area contributed by atoms with Crippen LogP contribution in [0.2, 0.25) is 0 Å². The maximum absolute atomic E-state index is 12.6. The molecule has 6 nitrogen and oxygen atoms in total. The molecule has 0 saturated carbocycles. The fourth-order valence-corrected chi connectivity index (χ4v) is 3.58. The molecule has 23 heavy (non-hydrogen) atoms. The summed E-state index contributed by atoms with van der Waals surface area (Å²) in [5.74, 6) is -1.24. The lowest BCUT2D eigenvalue weighted by atomic mass is 9.84. The highest BCUT2D eigenvalue weighted by atomic mass is 16.5. The van der Waals surface area contributed by atoms with E-state index in [1.54, 1.807) is 11.5 Å². The van der Waals surface area contributed by atoms with Crippen molar-refractivity contribution in [1.29, 1.82) is 0 Å². The Hall–Kier alpha value is -2.11. The maximum atomic E-state index is 12.6. The predicted octanol–water partition coefficient (Wildman–Crippen LogP) is 1.48. The minimum atomic E-state index is -1.40. The molecule has 1 heterocycles. The van der Waals surface area contributed by atoms with Gasteiger partial charge < -0.3 is 14.0 Å². The maximum Gasteiger partial charge on any atom is 0.323 e. The second-order valence-electron chi connectivity index (χ2n) is 6.36. The summed E-state index contributed by atoms with van der Waals surface area (Å²) in [6.45, 7) is 7.46. The van der Waals surface area contributed by atoms with Crippen LogP contribution in [-0.4, -0.2) is 30.7 Å². The Labute approximate surface area is 135 Å². The van der Waals surface area contributed by atoms with Gasteiger partial charge in [-0.1, -0.05) is 0 Å². The van der Waals surface area contributed by atoms with Gasteiger partial charge in [-0.25, -0.2) is 0 Å². The Bertz CT molecular complexity index is 713. The number of nitrogens with zero attached hydrogens (tertiary/aromatic N) is 1. The van der Waals surface area contributed by atoms with Crippen LogP contribution >= 0.6 is 0 Å². The number of ether oxygens (including phenoxy) is 2. The van der Waals surface area contributed by atoms with E-state index in [4.69, 9.17) is 9.47 Å². The zero-order valence-corrected chi connectivity index (χ0v) is 14.5. The molecular weight excluding hydrogens is 298 g/mol. The van der Waals surface area contributed by atoms with Crippen molar-refractivity contribution in [3.63, 3.8) is 0 Å². The van der Waals surface area contributed by atoms with Gasteiger partial charge in [0.15, 0.2) is 5.41 Å². The van der Waals surface area contributed by atoms with Crippen LogP contribution in [0.25, 0.3) is 0 Å². The van der Waals surface area contributed by atoms with Crippen LogP contribution in [0, 0.1) is 19.3 Å². The van der Waals surface area contributed by atoms with Gasteiger partial charge in [0, 0.05) is 30.1 Å². The molecule has 6 heteroatoms. The molecule has 1 aromatic heterocycles. The minimum absolute atomic E-state index is 0.00208. The van der Waals surface area contributed by atoms with E-state index in [-0.39, 0.29) is 24.4 Å². The first kappa shape index (κ1) is 17.2. The number of hydrogen-bond donors (Lipinski definition) is 0. The van der Waals surface area contributed by atoms with Crippen molar-refractivity contribution in [2.75, 3.05) is 14.2 Å². The van der Waals surface area contributed by atoms with Gasteiger partial charge in [-0.05, 0) is 38.8 Å². The molecule has 1 aromatic rings. The van der Waals surface area contributed by atoms with E-state index in [0.717, 1.165) is 16.8 Å². The number of carbonyl (C=O) groups is 2. The number of hydrogen-bond acceptors (Lipinski definition) is 5. The van der Waals surface area contributed by atoms with Crippen LogP contribution in [0.4, 0.5) is 0 Å². The standard InChI is InChI=1S/C17H23NO5/c1-9(2)18-11(4)13-8-17(15(20)22-5,16(21)23-6)7-12(13)10(3)14(18)19/h9H,7-8H2,1-6H3. The van der Waals surface area contributed by atoms with E-state index in [1.165, 1.54) is 14.2 Å². The highest BCUT2D eigenvalue weighted by Gasteiger charge is 2.53. The van der Waals surface area contributed by atoms with Crippen molar-refractivity contribution in [1.82, 2.24) is 4.57 Å². The van der Waals surface area contributed by atoms with Gasteiger partial charge in [-0.3, -0.25) is 14.4 Å². The smallest absolute Gasteiger partial charge is 0.323 e. The Morgan fingerprint density at radius 2 is 1.52 bits per heavy atom. The fraction of sp³-hybridized carbons (Fsp3) is 0.588. The second-order valence-corrected chi connectivity index (χ2v) is 6.36. The Morgan fingerprint density at radius 1 is 1.04 bits per heavy atom. The molecule has 0 aromatic carbocycles. The topological polar surface area (TPSA) is 74.6 Å². The van der Waals surface area contributed by atoms with Gasteiger partial charge >= 0.3 is 11.9 Å². The first-order chi connectivity index (χ1) is 10.7. The highest BCUT2D eigenvalue weighted by Crippen LogP contribution is 2.41. The molecular formula is C17H23NO5. The predicted molar refractivity (Wildman–Crippen MR) is 84.4 cm³/mol. The van der Waals surface area contributed by atoms with Gasteiger partial charge in [0.05, 0.1) is 14.2 Å². The van der Waals surface area contributed by atoms with E-state index < -0.39 is 17.4 Å². The number of rotatable bonds is 3. The van der Waals surface area contributed by atoms with Crippen molar-refractivity contribution in [3.8, 4) is 0 Å². The average Bonchev–Trinajstić information content (AvgIpc) is 2.93. The third-order valence-corrected chi connectivity index (χ3v) is 4.78. The fourth-order valence-electron chi connectivity index (χ4n) is 3.58. The Morgan fingerprint density at radius 3 is 1.96 bits per heavy atom. The number of esters is 2. The molecule has 0 atom stereocenters. The molecule has 126 valence electrons. The summed E-state index contributed by atoms with van der Waals surface area (Å²) >= 11 is 0. The normalized spacial score (nSPS) is 15.4. The summed E-state index contributed by atoms with van der Waals surface area (Å²) in [6, 6.07) is -0.00208. The van der Waals surface area contributed by atoms with Crippen molar-refractivity contribution < 1.29 is 19.1 Å². The molecule has 0 radical (unpaired) electrons. The summed E-state index contributed by atoms with van der Waals surface area (Å²) in [5, 5.41) is 0. The quantitative estimate of drug-likeness (QED) is 0.623. The van der Waals surface area contributed by atoms with E-state index in [0.29, 0.717) is 5.56 Å². The molecule has 0 N–H and O–H groups in total. The van der Waals surface area contributed by atoms with E-state index in [1.807, 2.05) is 20.8 Å². The van der Waals surface area contributed by atoms with Crippen LogP contribution in [0.3, 0.4) is 0 Å². The number of methoxy groups -OCH3 is 2. The first-order valence-corrected chi connectivity index (χ1v) is 7.61. The van der Waals surface area contributed by atoms with Crippen LogP contribution < -0.4 is 5.56 Å². The zero-order valence-electron chi connectivity index (χ0n) is 14.5. The molecule has 0 unspecified atom stereocenters. The summed E-state index contributed by atoms with van der Waals surface area (Å²) < 4.78 is 11.4. The summed E-state index contributed by atoms with van der Waals surface area (Å²) in [6.07, 6.45) is 0.337. The number of aromatic nitrogens is 1. The molecule has 0 fully saturated rings. The zero-order chi connectivity index (χ0) is 17.5. The molecule has 0 spiro atoms. The van der Waals surface area contributed by atoms with Gasteiger partial charge in [0.25, 0.3) is 5.56 Å². The van der Waals surface area contributed by atoms with Crippen molar-refractivity contribution >= 4 is 11.9 Å². The number of fused-ring (bicyclic) bond motifs is 1. The lowest BCUT2D eigenvalue weighted by Gasteiger charge is -2.22. The lowest BCUT2D eigenvalue weighted by molar-refractivity contribution is -0.168. The summed E-state index contributed by atoms with van der Waals surface area (Å²) in [4.78, 5) is 37.3. The summed E-state index contributed by atoms with van der Waals surface area (Å²) in [7, 11) is 2.51. The van der Waals surface area contributed by atoms with Gasteiger partial charge in [-0.2, -0.15) is 0 Å². The highest BCUT2D eigenvalue weighted by molar-refractivity contribution is 6.01. The van der Waals surface area contributed by atoms with E-state index in [9.17, 15) is 14.4 Å². The van der Waals surface area contributed by atoms with Gasteiger partial charge in [-0.15, -0.1) is 0 Å². The molecule has 0 aliphatic heterocycles. The van der Waals surface area contributed by atoms with E-state index >= 15 is 0 Å². The van der Waals surface area contributed by atoms with Crippen LogP contribution in [0.1, 0.15) is 42.3 Å². The Balaban J connectivity index is 2.71. The third kappa shape index (κ3) is 2.36. The molecule has 0 saturated heterocycles. The van der Waals surface area contributed by atoms with Crippen LogP contribution in [-0.2, 0) is 31.9 Å². The monoisotopic (exact) mass is 321 g/mol. The second kappa shape index (κ2) is 5.83. The van der Waals surface area contributed by atoms with Crippen LogP contribution in [0.5, 0.6) is 0 Å². The largest absolute Gasteiger partial charge is 0.468 e. The number of carbonyl (C=O) groups excluding carboxylic acids is 2.